The molecule has 3 aromatic rings. The first kappa shape index (κ1) is 30.2. The van der Waals surface area contributed by atoms with E-state index in [1.165, 1.54) is 75.8 Å². The highest BCUT2D eigenvalue weighted by molar-refractivity contribution is 5.80. The average molecular weight is 551 g/mol. The van der Waals surface area contributed by atoms with Crippen LogP contribution in [0.15, 0.2) is 54.6 Å². The van der Waals surface area contributed by atoms with E-state index in [-0.39, 0.29) is 11.3 Å². The molecule has 0 saturated carbocycles. The second-order valence-corrected chi connectivity index (χ2v) is 11.4. The minimum atomic E-state index is -3.60. The highest BCUT2D eigenvalue weighted by Crippen LogP contribution is 2.49. The molecule has 0 spiro atoms. The number of aryl methyl sites for hydroxylation is 2. The molecule has 3 aromatic carbocycles. The summed E-state index contributed by atoms with van der Waals surface area (Å²) in [7, 11) is 0. The summed E-state index contributed by atoms with van der Waals surface area (Å²) in [5.74, 6) is -0.986. The van der Waals surface area contributed by atoms with Crippen molar-refractivity contribution < 1.29 is 17.9 Å². The molecular formula is C36H45F3O. The van der Waals surface area contributed by atoms with E-state index in [1.54, 1.807) is 18.2 Å². The van der Waals surface area contributed by atoms with Crippen molar-refractivity contribution in [3.8, 4) is 28.0 Å². The molecule has 1 heterocycles. The summed E-state index contributed by atoms with van der Waals surface area (Å²) in [6, 6.07) is 16.7. The second kappa shape index (κ2) is 14.8. The highest BCUT2D eigenvalue weighted by Gasteiger charge is 2.43. The third-order valence-electron chi connectivity index (χ3n) is 8.19. The molecule has 0 N–H and O–H groups in total. The Morgan fingerprint density at radius 2 is 1.15 bits per heavy atom. The summed E-state index contributed by atoms with van der Waals surface area (Å²) >= 11 is 0. The molecule has 4 rings (SSSR count). The van der Waals surface area contributed by atoms with Crippen molar-refractivity contribution in [1.29, 1.82) is 0 Å². The number of benzene rings is 3. The van der Waals surface area contributed by atoms with Gasteiger partial charge in [-0.25, -0.2) is 4.39 Å². The van der Waals surface area contributed by atoms with Crippen LogP contribution in [0, 0.1) is 5.82 Å². The monoisotopic (exact) mass is 550 g/mol. The molecule has 0 atom stereocenters. The third kappa shape index (κ3) is 7.71. The lowest BCUT2D eigenvalue weighted by Crippen LogP contribution is -2.27. The lowest BCUT2D eigenvalue weighted by molar-refractivity contribution is -0.188. The van der Waals surface area contributed by atoms with Gasteiger partial charge >= 0.3 is 6.11 Å². The first-order valence-electron chi connectivity index (χ1n) is 15.6. The van der Waals surface area contributed by atoms with Gasteiger partial charge in [-0.3, -0.25) is 0 Å². The lowest BCUT2D eigenvalue weighted by atomic mass is 9.90. The van der Waals surface area contributed by atoms with Crippen LogP contribution < -0.4 is 4.74 Å². The predicted molar refractivity (Wildman–Crippen MR) is 161 cm³/mol. The molecule has 4 heteroatoms. The number of hydrogen-bond acceptors (Lipinski definition) is 1. The van der Waals surface area contributed by atoms with Gasteiger partial charge in [0.2, 0.25) is 0 Å². The standard InChI is InChI=1S/C36H45F3O/c1-3-5-7-9-11-12-14-16-27-18-20-28(21-19-27)30-23-24-31-32-25-22-29(17-15-13-10-8-6-4-2)34(37)35(32)40-36(38,39)33(31)26-30/h18-26H,3-17H2,1-2H3. The molecule has 1 aliphatic heterocycles. The zero-order chi connectivity index (χ0) is 28.4. The third-order valence-corrected chi connectivity index (χ3v) is 8.19. The van der Waals surface area contributed by atoms with E-state index in [9.17, 15) is 0 Å². The fraction of sp³-hybridized carbons (Fsp3) is 0.500. The molecule has 0 amide bonds. The van der Waals surface area contributed by atoms with Crippen molar-refractivity contribution in [2.45, 2.75) is 116 Å². The summed E-state index contributed by atoms with van der Waals surface area (Å²) in [6.45, 7) is 4.41. The Bertz CT molecular complexity index is 1220. The normalized spacial score (nSPS) is 13.5. The molecule has 0 radical (unpaired) electrons. The molecule has 1 aliphatic rings. The molecule has 216 valence electrons. The number of fused-ring (bicyclic) bond motifs is 3. The first-order valence-corrected chi connectivity index (χ1v) is 15.6. The van der Waals surface area contributed by atoms with Crippen LogP contribution in [0.2, 0.25) is 0 Å². The maximum Gasteiger partial charge on any atom is 0.427 e. The van der Waals surface area contributed by atoms with Crippen molar-refractivity contribution in [2.24, 2.45) is 0 Å². The maximum absolute atomic E-state index is 15.3. The topological polar surface area (TPSA) is 9.23 Å². The van der Waals surface area contributed by atoms with Gasteiger partial charge in [-0.05, 0) is 59.6 Å². The van der Waals surface area contributed by atoms with Gasteiger partial charge in [0.25, 0.3) is 0 Å². The van der Waals surface area contributed by atoms with Crippen LogP contribution in [0.5, 0.6) is 5.75 Å². The summed E-state index contributed by atoms with van der Waals surface area (Å²) < 4.78 is 50.9. The van der Waals surface area contributed by atoms with E-state index in [0.29, 0.717) is 28.7 Å². The fourth-order valence-corrected chi connectivity index (χ4v) is 5.73. The van der Waals surface area contributed by atoms with E-state index >= 15 is 13.2 Å². The molecule has 0 unspecified atom stereocenters. The first-order chi connectivity index (χ1) is 19.4. The van der Waals surface area contributed by atoms with E-state index in [0.717, 1.165) is 31.2 Å². The van der Waals surface area contributed by atoms with Crippen molar-refractivity contribution in [1.82, 2.24) is 0 Å². The van der Waals surface area contributed by atoms with E-state index in [2.05, 4.69) is 26.0 Å². The van der Waals surface area contributed by atoms with Gasteiger partial charge in [-0.1, -0.05) is 133 Å². The summed E-state index contributed by atoms with van der Waals surface area (Å²) in [5, 5.41) is 0. The lowest BCUT2D eigenvalue weighted by Gasteiger charge is -2.29. The van der Waals surface area contributed by atoms with Crippen molar-refractivity contribution >= 4 is 0 Å². The quantitative estimate of drug-likeness (QED) is 0.161. The van der Waals surface area contributed by atoms with Crippen LogP contribution in [0.4, 0.5) is 13.2 Å². The fourth-order valence-electron chi connectivity index (χ4n) is 5.73. The van der Waals surface area contributed by atoms with Gasteiger partial charge in [0.05, 0.1) is 5.56 Å². The number of unbranched alkanes of at least 4 members (excludes halogenated alkanes) is 11. The number of rotatable bonds is 16. The van der Waals surface area contributed by atoms with Crippen LogP contribution in [0.1, 0.15) is 114 Å². The Kier molecular flexibility index (Phi) is 11.1. The molecular weight excluding hydrogens is 505 g/mol. The smallest absolute Gasteiger partial charge is 0.425 e. The van der Waals surface area contributed by atoms with E-state index in [1.807, 2.05) is 18.2 Å². The maximum atomic E-state index is 15.3. The van der Waals surface area contributed by atoms with E-state index < -0.39 is 11.9 Å². The molecule has 40 heavy (non-hydrogen) atoms. The van der Waals surface area contributed by atoms with Gasteiger partial charge in [0.1, 0.15) is 0 Å². The van der Waals surface area contributed by atoms with Crippen LogP contribution in [-0.4, -0.2) is 0 Å². The molecule has 0 saturated heterocycles. The van der Waals surface area contributed by atoms with Crippen LogP contribution in [0.3, 0.4) is 0 Å². The number of ether oxygens (including phenoxy) is 1. The minimum absolute atomic E-state index is 0.215. The predicted octanol–water partition coefficient (Wildman–Crippen LogP) is 11.8. The summed E-state index contributed by atoms with van der Waals surface area (Å²) in [6.07, 6.45) is 13.5. The summed E-state index contributed by atoms with van der Waals surface area (Å²) in [5.41, 5.74) is 3.80. The SMILES string of the molecule is CCCCCCCCCc1ccc(-c2ccc3c(c2)C(F)(F)Oc2c-3ccc(CCCCCCCC)c2F)cc1. The van der Waals surface area contributed by atoms with Crippen molar-refractivity contribution in [3.63, 3.8) is 0 Å². The molecule has 1 nitrogen and oxygen atoms in total. The average Bonchev–Trinajstić information content (AvgIpc) is 2.96. The Labute approximate surface area is 239 Å². The summed E-state index contributed by atoms with van der Waals surface area (Å²) in [4.78, 5) is 0. The Hall–Kier alpha value is -2.75. The van der Waals surface area contributed by atoms with Crippen LogP contribution in [0.25, 0.3) is 22.3 Å². The number of halogens is 3. The highest BCUT2D eigenvalue weighted by atomic mass is 19.3. The van der Waals surface area contributed by atoms with Gasteiger partial charge in [-0.2, -0.15) is 8.78 Å². The van der Waals surface area contributed by atoms with Crippen molar-refractivity contribution in [3.05, 3.63) is 77.1 Å². The van der Waals surface area contributed by atoms with Crippen LogP contribution >= 0.6 is 0 Å². The molecule has 0 bridgehead atoms. The number of hydrogen-bond donors (Lipinski definition) is 0. The van der Waals surface area contributed by atoms with E-state index in [4.69, 9.17) is 4.74 Å². The zero-order valence-corrected chi connectivity index (χ0v) is 24.3. The largest absolute Gasteiger partial charge is 0.427 e. The Morgan fingerprint density at radius 1 is 0.600 bits per heavy atom. The molecule has 0 fully saturated rings. The minimum Gasteiger partial charge on any atom is -0.425 e. The Morgan fingerprint density at radius 3 is 1.80 bits per heavy atom. The van der Waals surface area contributed by atoms with Gasteiger partial charge < -0.3 is 4.74 Å². The van der Waals surface area contributed by atoms with Gasteiger partial charge in [-0.15, -0.1) is 0 Å². The van der Waals surface area contributed by atoms with Gasteiger partial charge in [0, 0.05) is 5.56 Å². The zero-order valence-electron chi connectivity index (χ0n) is 24.3. The molecule has 0 aromatic heterocycles. The van der Waals surface area contributed by atoms with Gasteiger partial charge in [0.15, 0.2) is 11.6 Å². The molecule has 0 aliphatic carbocycles. The van der Waals surface area contributed by atoms with Crippen LogP contribution in [-0.2, 0) is 19.0 Å². The second-order valence-electron chi connectivity index (χ2n) is 11.4. The Balaban J connectivity index is 1.43. The van der Waals surface area contributed by atoms with Crippen molar-refractivity contribution in [2.75, 3.05) is 0 Å². The number of alkyl halides is 2.